The van der Waals surface area contributed by atoms with Gasteiger partial charge in [0, 0.05) is 41.4 Å². The molecule has 0 fully saturated rings. The number of hydrogen-bond acceptors (Lipinski definition) is 3. The van der Waals surface area contributed by atoms with Gasteiger partial charge in [-0.2, -0.15) is 0 Å². The van der Waals surface area contributed by atoms with Crippen LogP contribution in [0.1, 0.15) is 43.4 Å². The maximum atomic E-state index is 13.1. The number of hydrogen-bond donors (Lipinski definition) is 3. The van der Waals surface area contributed by atoms with Gasteiger partial charge in [0.15, 0.2) is 5.78 Å². The lowest BCUT2D eigenvalue weighted by molar-refractivity contribution is -0.117. The van der Waals surface area contributed by atoms with Gasteiger partial charge in [0.2, 0.25) is 0 Å². The predicted molar refractivity (Wildman–Crippen MR) is 137 cm³/mol. The number of para-hydroxylation sites is 1. The highest BCUT2D eigenvalue weighted by molar-refractivity contribution is 7.81. The number of aromatic amines is 1. The molecule has 5 heteroatoms. The van der Waals surface area contributed by atoms with Crippen LogP contribution in [0.4, 0.5) is 5.69 Å². The fourth-order valence-corrected chi connectivity index (χ4v) is 4.79. The van der Waals surface area contributed by atoms with E-state index in [1.807, 2.05) is 12.1 Å². The Bertz CT molecular complexity index is 1220. The zero-order chi connectivity index (χ0) is 22.9. The van der Waals surface area contributed by atoms with E-state index in [0.29, 0.717) is 17.0 Å². The molecule has 3 aromatic rings. The lowest BCUT2D eigenvalue weighted by Gasteiger charge is -2.33. The van der Waals surface area contributed by atoms with E-state index < -0.39 is 0 Å². The predicted octanol–water partition coefficient (Wildman–Crippen LogP) is 6.00. The number of ketones is 1. The molecule has 0 atom stereocenters. The van der Waals surface area contributed by atoms with Crippen LogP contribution in [0.15, 0.2) is 59.9 Å². The van der Waals surface area contributed by atoms with E-state index in [1.54, 1.807) is 0 Å². The third-order valence-electron chi connectivity index (χ3n) is 6.27. The quantitative estimate of drug-likeness (QED) is 0.407. The summed E-state index contributed by atoms with van der Waals surface area (Å²) in [7, 11) is 0. The molecule has 0 bridgehead atoms. The van der Waals surface area contributed by atoms with Crippen LogP contribution in [0.25, 0.3) is 10.9 Å². The van der Waals surface area contributed by atoms with Crippen molar-refractivity contribution in [2.45, 2.75) is 47.0 Å². The second kappa shape index (κ2) is 8.91. The molecule has 1 aliphatic rings. The van der Waals surface area contributed by atoms with Gasteiger partial charge >= 0.3 is 0 Å². The standard InChI is InChI=1S/C27H31N3OS/c1-17-9-10-20(13-18(17)2)30-26(32)25-23(14-27(3,4)15-24(25)31)28-12-11-19-16-29-22-8-6-5-7-21(19)22/h5-10,13,16,28-29H,11-12,14-15H2,1-4H3,(H,30,32). The van der Waals surface area contributed by atoms with Gasteiger partial charge in [0.1, 0.15) is 4.99 Å². The number of thiocarbonyl (C=S) groups is 1. The van der Waals surface area contributed by atoms with Crippen LogP contribution in [0.3, 0.4) is 0 Å². The van der Waals surface area contributed by atoms with E-state index in [1.165, 1.54) is 22.1 Å². The average molecular weight is 446 g/mol. The first-order valence-corrected chi connectivity index (χ1v) is 11.6. The molecule has 0 aliphatic heterocycles. The SMILES string of the molecule is Cc1ccc(NC(=S)C2=C(NCCc3c[nH]c4ccccc34)CC(C)(C)CC2=O)cc1C. The zero-order valence-electron chi connectivity index (χ0n) is 19.3. The van der Waals surface area contributed by atoms with Crippen LogP contribution in [0.2, 0.25) is 0 Å². The highest BCUT2D eigenvalue weighted by Gasteiger charge is 2.34. The monoisotopic (exact) mass is 445 g/mol. The van der Waals surface area contributed by atoms with Crippen LogP contribution >= 0.6 is 12.2 Å². The molecule has 0 saturated heterocycles. The number of Topliss-reactive ketones (excluding diaryl/α,β-unsaturated/α-hetero) is 1. The normalized spacial score (nSPS) is 15.8. The van der Waals surface area contributed by atoms with E-state index in [2.05, 4.69) is 79.8 Å². The summed E-state index contributed by atoms with van der Waals surface area (Å²) in [5, 5.41) is 8.11. The molecular weight excluding hydrogens is 414 g/mol. The highest BCUT2D eigenvalue weighted by atomic mass is 32.1. The number of rotatable bonds is 6. The molecule has 2 aromatic carbocycles. The highest BCUT2D eigenvalue weighted by Crippen LogP contribution is 2.36. The molecule has 0 saturated carbocycles. The van der Waals surface area contributed by atoms with Crippen LogP contribution < -0.4 is 10.6 Å². The number of carbonyl (C=O) groups excluding carboxylic acids is 1. The van der Waals surface area contributed by atoms with E-state index in [0.717, 1.165) is 36.3 Å². The van der Waals surface area contributed by atoms with Gasteiger partial charge in [-0.3, -0.25) is 4.79 Å². The minimum Gasteiger partial charge on any atom is -0.387 e. The van der Waals surface area contributed by atoms with Crippen molar-refractivity contribution in [1.29, 1.82) is 0 Å². The van der Waals surface area contributed by atoms with Crippen LogP contribution in [0.5, 0.6) is 0 Å². The van der Waals surface area contributed by atoms with E-state index in [-0.39, 0.29) is 11.2 Å². The van der Waals surface area contributed by atoms with Crippen molar-refractivity contribution in [1.82, 2.24) is 10.3 Å². The molecule has 0 spiro atoms. The fourth-order valence-electron chi connectivity index (χ4n) is 4.43. The summed E-state index contributed by atoms with van der Waals surface area (Å²) >= 11 is 5.72. The van der Waals surface area contributed by atoms with Gasteiger partial charge in [-0.1, -0.05) is 50.3 Å². The van der Waals surface area contributed by atoms with Crippen molar-refractivity contribution in [3.63, 3.8) is 0 Å². The molecule has 1 aliphatic carbocycles. The number of anilines is 1. The summed E-state index contributed by atoms with van der Waals surface area (Å²) in [6.07, 6.45) is 4.25. The minimum absolute atomic E-state index is 0.0836. The Morgan fingerprint density at radius 1 is 1.09 bits per heavy atom. The Labute approximate surface area is 195 Å². The first-order chi connectivity index (χ1) is 15.2. The number of allylic oxidation sites excluding steroid dienone is 1. The van der Waals surface area contributed by atoms with Crippen LogP contribution in [-0.4, -0.2) is 22.3 Å². The average Bonchev–Trinajstić information content (AvgIpc) is 3.13. The van der Waals surface area contributed by atoms with Crippen molar-refractivity contribution < 1.29 is 4.79 Å². The number of aromatic nitrogens is 1. The lowest BCUT2D eigenvalue weighted by Crippen LogP contribution is -2.36. The van der Waals surface area contributed by atoms with Gasteiger partial charge in [0.05, 0.1) is 5.57 Å². The van der Waals surface area contributed by atoms with Crippen molar-refractivity contribution >= 4 is 39.6 Å². The molecule has 166 valence electrons. The van der Waals surface area contributed by atoms with Crippen LogP contribution in [0, 0.1) is 19.3 Å². The molecule has 4 nitrogen and oxygen atoms in total. The van der Waals surface area contributed by atoms with E-state index >= 15 is 0 Å². The summed E-state index contributed by atoms with van der Waals surface area (Å²) in [5.41, 5.74) is 7.27. The van der Waals surface area contributed by atoms with Gasteiger partial charge < -0.3 is 15.6 Å². The smallest absolute Gasteiger partial charge is 0.168 e. The lowest BCUT2D eigenvalue weighted by atomic mass is 9.75. The largest absolute Gasteiger partial charge is 0.387 e. The number of nitrogens with one attached hydrogen (secondary N) is 3. The van der Waals surface area contributed by atoms with E-state index in [9.17, 15) is 4.79 Å². The first-order valence-electron chi connectivity index (χ1n) is 11.2. The van der Waals surface area contributed by atoms with Gasteiger partial charge in [0.25, 0.3) is 0 Å². The summed E-state index contributed by atoms with van der Waals surface area (Å²) in [4.78, 5) is 16.9. The first kappa shape index (κ1) is 22.3. The third kappa shape index (κ3) is 4.78. The Kier molecular flexibility index (Phi) is 6.20. The van der Waals surface area contributed by atoms with Crippen molar-refractivity contribution in [3.8, 4) is 0 Å². The van der Waals surface area contributed by atoms with Crippen LogP contribution in [-0.2, 0) is 11.2 Å². The zero-order valence-corrected chi connectivity index (χ0v) is 20.1. The number of carbonyl (C=O) groups is 1. The minimum atomic E-state index is -0.0836. The molecular formula is C27H31N3OS. The molecule has 3 N–H and O–H groups in total. The van der Waals surface area contributed by atoms with E-state index in [4.69, 9.17) is 12.2 Å². The number of fused-ring (bicyclic) bond motifs is 1. The maximum Gasteiger partial charge on any atom is 0.168 e. The second-order valence-electron chi connectivity index (χ2n) is 9.58. The molecule has 0 amide bonds. The summed E-state index contributed by atoms with van der Waals surface area (Å²) < 4.78 is 0. The molecule has 0 radical (unpaired) electrons. The summed E-state index contributed by atoms with van der Waals surface area (Å²) in [6.45, 7) is 9.19. The van der Waals surface area contributed by atoms with Gasteiger partial charge in [-0.25, -0.2) is 0 Å². The Morgan fingerprint density at radius 2 is 1.88 bits per heavy atom. The van der Waals surface area contributed by atoms with Crippen molar-refractivity contribution in [3.05, 3.63) is 76.6 Å². The van der Waals surface area contributed by atoms with Crippen molar-refractivity contribution in [2.75, 3.05) is 11.9 Å². The molecule has 1 aromatic heterocycles. The molecule has 0 unspecified atom stereocenters. The fraction of sp³-hybridized carbons (Fsp3) is 0.333. The Hall–Kier alpha value is -2.92. The van der Waals surface area contributed by atoms with Gasteiger partial charge in [-0.05, 0) is 67.0 Å². The molecule has 1 heterocycles. The second-order valence-corrected chi connectivity index (χ2v) is 9.99. The maximum absolute atomic E-state index is 13.1. The molecule has 4 rings (SSSR count). The number of H-pyrrole nitrogens is 1. The molecule has 32 heavy (non-hydrogen) atoms. The Balaban J connectivity index is 1.54. The van der Waals surface area contributed by atoms with Crippen molar-refractivity contribution in [2.24, 2.45) is 5.41 Å². The topological polar surface area (TPSA) is 56.9 Å². The summed E-state index contributed by atoms with van der Waals surface area (Å²) in [5.74, 6) is 0.108. The third-order valence-corrected chi connectivity index (χ3v) is 6.58. The number of aryl methyl sites for hydroxylation is 2. The van der Waals surface area contributed by atoms with Gasteiger partial charge in [-0.15, -0.1) is 0 Å². The Morgan fingerprint density at radius 3 is 2.66 bits per heavy atom. The number of benzene rings is 2. The summed E-state index contributed by atoms with van der Waals surface area (Å²) in [6, 6.07) is 14.5.